The Hall–Kier alpha value is -3.02. The van der Waals surface area contributed by atoms with Crippen molar-refractivity contribution in [1.82, 2.24) is 4.90 Å². The summed E-state index contributed by atoms with van der Waals surface area (Å²) in [6.07, 6.45) is 1.94. The second-order valence-corrected chi connectivity index (χ2v) is 6.81. The molecular formula is C21H23N3O3. The molecule has 2 aliphatic rings. The number of amides is 3. The van der Waals surface area contributed by atoms with Crippen molar-refractivity contribution >= 4 is 23.3 Å². The molecule has 0 aromatic heterocycles. The second-order valence-electron chi connectivity index (χ2n) is 6.81. The molecule has 0 aliphatic carbocycles. The van der Waals surface area contributed by atoms with E-state index in [2.05, 4.69) is 6.07 Å². The van der Waals surface area contributed by atoms with Crippen LogP contribution >= 0.6 is 0 Å². The average Bonchev–Trinajstić information content (AvgIpc) is 3.07. The highest BCUT2D eigenvalue weighted by atomic mass is 16.5. The molecule has 2 aliphatic heterocycles. The molecule has 1 fully saturated rings. The molecule has 140 valence electrons. The van der Waals surface area contributed by atoms with Gasteiger partial charge in [0.25, 0.3) is 0 Å². The maximum atomic E-state index is 12.9. The number of nitrogens with zero attached hydrogens (tertiary/aromatic N) is 3. The average molecular weight is 365 g/mol. The first-order valence-electron chi connectivity index (χ1n) is 9.27. The highest BCUT2D eigenvalue weighted by molar-refractivity contribution is 6.01. The minimum absolute atomic E-state index is 0.0302. The largest absolute Gasteiger partial charge is 0.495 e. The van der Waals surface area contributed by atoms with Gasteiger partial charge in [-0.3, -0.25) is 9.69 Å². The molecule has 0 atom stereocenters. The predicted octanol–water partition coefficient (Wildman–Crippen LogP) is 2.92. The summed E-state index contributed by atoms with van der Waals surface area (Å²) in [5.41, 5.74) is 2.91. The Kier molecular flexibility index (Phi) is 4.71. The molecule has 1 saturated heterocycles. The molecule has 0 N–H and O–H groups in total. The van der Waals surface area contributed by atoms with Crippen molar-refractivity contribution in [3.05, 3.63) is 54.1 Å². The van der Waals surface area contributed by atoms with Crippen LogP contribution in [0.4, 0.5) is 16.2 Å². The SMILES string of the molecule is COc1ccccc1N1CCN(CC(=O)N2CCCc3ccccc32)C1=O. The Labute approximate surface area is 158 Å². The molecule has 4 rings (SSSR count). The number of fused-ring (bicyclic) bond motifs is 1. The number of methoxy groups -OCH3 is 1. The number of anilines is 2. The molecule has 0 unspecified atom stereocenters. The van der Waals surface area contributed by atoms with Gasteiger partial charge < -0.3 is 14.5 Å². The summed E-state index contributed by atoms with van der Waals surface area (Å²) < 4.78 is 5.37. The van der Waals surface area contributed by atoms with Crippen LogP contribution in [0.25, 0.3) is 0 Å². The number of ether oxygens (including phenoxy) is 1. The topological polar surface area (TPSA) is 53.1 Å². The van der Waals surface area contributed by atoms with Crippen LogP contribution in [0.5, 0.6) is 5.75 Å². The van der Waals surface area contributed by atoms with Gasteiger partial charge in [-0.05, 0) is 36.6 Å². The smallest absolute Gasteiger partial charge is 0.325 e. The van der Waals surface area contributed by atoms with E-state index >= 15 is 0 Å². The number of para-hydroxylation sites is 3. The van der Waals surface area contributed by atoms with Crippen LogP contribution in [0.2, 0.25) is 0 Å². The van der Waals surface area contributed by atoms with Gasteiger partial charge in [-0.1, -0.05) is 30.3 Å². The van der Waals surface area contributed by atoms with E-state index in [1.165, 1.54) is 5.56 Å². The van der Waals surface area contributed by atoms with E-state index in [0.29, 0.717) is 25.4 Å². The van der Waals surface area contributed by atoms with Gasteiger partial charge in [0, 0.05) is 25.3 Å². The highest BCUT2D eigenvalue weighted by Gasteiger charge is 2.34. The lowest BCUT2D eigenvalue weighted by Gasteiger charge is -2.30. The minimum atomic E-state index is -0.154. The molecule has 2 aromatic rings. The molecule has 6 heteroatoms. The lowest BCUT2D eigenvalue weighted by Crippen LogP contribution is -2.44. The molecule has 27 heavy (non-hydrogen) atoms. The monoisotopic (exact) mass is 365 g/mol. The molecule has 0 spiro atoms. The van der Waals surface area contributed by atoms with E-state index in [-0.39, 0.29) is 18.5 Å². The lowest BCUT2D eigenvalue weighted by atomic mass is 10.0. The molecular weight excluding hydrogens is 342 g/mol. The molecule has 0 saturated carbocycles. The number of carbonyl (C=O) groups is 2. The summed E-state index contributed by atoms with van der Waals surface area (Å²) in [5, 5.41) is 0. The number of rotatable bonds is 4. The standard InChI is InChI=1S/C21H23N3O3/c1-27-19-11-5-4-10-18(19)24-14-13-22(21(24)26)15-20(25)23-12-6-8-16-7-2-3-9-17(16)23/h2-5,7,9-11H,6,8,12-15H2,1H3. The van der Waals surface area contributed by atoms with Gasteiger partial charge in [0.2, 0.25) is 5.91 Å². The predicted molar refractivity (Wildman–Crippen MR) is 104 cm³/mol. The third kappa shape index (κ3) is 3.23. The summed E-state index contributed by atoms with van der Waals surface area (Å²) in [6, 6.07) is 15.3. The zero-order valence-corrected chi connectivity index (χ0v) is 15.4. The Bertz CT molecular complexity index is 867. The summed E-state index contributed by atoms with van der Waals surface area (Å²) in [6.45, 7) is 1.87. The molecule has 0 radical (unpaired) electrons. The van der Waals surface area contributed by atoms with E-state index in [4.69, 9.17) is 4.74 Å². The van der Waals surface area contributed by atoms with Crippen LogP contribution in [0, 0.1) is 0 Å². The van der Waals surface area contributed by atoms with Crippen LogP contribution in [-0.2, 0) is 11.2 Å². The van der Waals surface area contributed by atoms with Crippen molar-refractivity contribution in [1.29, 1.82) is 0 Å². The summed E-state index contributed by atoms with van der Waals surface area (Å²) in [4.78, 5) is 30.9. The van der Waals surface area contributed by atoms with E-state index in [9.17, 15) is 9.59 Å². The maximum absolute atomic E-state index is 12.9. The summed E-state index contributed by atoms with van der Waals surface area (Å²) in [7, 11) is 1.59. The van der Waals surface area contributed by atoms with Crippen LogP contribution in [0.15, 0.2) is 48.5 Å². The Balaban J connectivity index is 1.48. The number of carbonyl (C=O) groups excluding carboxylic acids is 2. The van der Waals surface area contributed by atoms with Crippen molar-refractivity contribution in [2.24, 2.45) is 0 Å². The number of aryl methyl sites for hydroxylation is 1. The third-order valence-corrected chi connectivity index (χ3v) is 5.21. The molecule has 0 bridgehead atoms. The Morgan fingerprint density at radius 3 is 2.56 bits per heavy atom. The van der Waals surface area contributed by atoms with Crippen LogP contribution < -0.4 is 14.5 Å². The zero-order chi connectivity index (χ0) is 18.8. The van der Waals surface area contributed by atoms with Crippen LogP contribution in [-0.4, -0.2) is 50.1 Å². The summed E-state index contributed by atoms with van der Waals surface area (Å²) in [5.74, 6) is 0.626. The normalized spacial score (nSPS) is 16.5. The fourth-order valence-corrected chi connectivity index (χ4v) is 3.85. The minimum Gasteiger partial charge on any atom is -0.495 e. The number of benzene rings is 2. The van der Waals surface area contributed by atoms with Crippen molar-refractivity contribution in [2.45, 2.75) is 12.8 Å². The van der Waals surface area contributed by atoms with Crippen molar-refractivity contribution in [3.63, 3.8) is 0 Å². The van der Waals surface area contributed by atoms with Crippen molar-refractivity contribution < 1.29 is 14.3 Å². The fraction of sp³-hybridized carbons (Fsp3) is 0.333. The number of hydrogen-bond acceptors (Lipinski definition) is 3. The van der Waals surface area contributed by atoms with Gasteiger partial charge >= 0.3 is 6.03 Å². The molecule has 3 amide bonds. The molecule has 2 heterocycles. The van der Waals surface area contributed by atoms with E-state index in [1.807, 2.05) is 47.4 Å². The van der Waals surface area contributed by atoms with Crippen molar-refractivity contribution in [3.8, 4) is 5.75 Å². The van der Waals surface area contributed by atoms with E-state index < -0.39 is 0 Å². The quantitative estimate of drug-likeness (QED) is 0.837. The van der Waals surface area contributed by atoms with Gasteiger partial charge in [-0.2, -0.15) is 0 Å². The fourth-order valence-electron chi connectivity index (χ4n) is 3.85. The second kappa shape index (κ2) is 7.31. The molecule has 2 aromatic carbocycles. The maximum Gasteiger partial charge on any atom is 0.325 e. The number of urea groups is 1. The number of hydrogen-bond donors (Lipinski definition) is 0. The van der Waals surface area contributed by atoms with Gasteiger partial charge in [0.05, 0.1) is 12.8 Å². The summed E-state index contributed by atoms with van der Waals surface area (Å²) >= 11 is 0. The first-order chi connectivity index (χ1) is 13.2. The Morgan fingerprint density at radius 2 is 1.74 bits per heavy atom. The third-order valence-electron chi connectivity index (χ3n) is 5.21. The van der Waals surface area contributed by atoms with Gasteiger partial charge in [-0.15, -0.1) is 0 Å². The van der Waals surface area contributed by atoms with Gasteiger partial charge in [0.1, 0.15) is 12.3 Å². The first-order valence-corrected chi connectivity index (χ1v) is 9.27. The van der Waals surface area contributed by atoms with Crippen molar-refractivity contribution in [2.75, 3.05) is 43.1 Å². The zero-order valence-electron chi connectivity index (χ0n) is 15.4. The van der Waals surface area contributed by atoms with Gasteiger partial charge in [0.15, 0.2) is 0 Å². The Morgan fingerprint density at radius 1 is 1.00 bits per heavy atom. The van der Waals surface area contributed by atoms with Crippen LogP contribution in [0.3, 0.4) is 0 Å². The highest BCUT2D eigenvalue weighted by Crippen LogP contribution is 2.31. The van der Waals surface area contributed by atoms with E-state index in [0.717, 1.165) is 24.2 Å². The lowest BCUT2D eigenvalue weighted by molar-refractivity contribution is -0.119. The van der Waals surface area contributed by atoms with Crippen LogP contribution in [0.1, 0.15) is 12.0 Å². The first kappa shape index (κ1) is 17.4. The van der Waals surface area contributed by atoms with E-state index in [1.54, 1.807) is 16.9 Å². The molecule has 6 nitrogen and oxygen atoms in total. The van der Waals surface area contributed by atoms with Gasteiger partial charge in [-0.25, -0.2) is 4.79 Å².